The zero-order valence-corrected chi connectivity index (χ0v) is 18.3. The Kier molecular flexibility index (Phi) is 7.06. The lowest BCUT2D eigenvalue weighted by Gasteiger charge is -2.10. The number of thiocarbonyl (C=S) groups is 1. The highest BCUT2D eigenvalue weighted by atomic mass is 35.5. The lowest BCUT2D eigenvalue weighted by Crippen LogP contribution is -2.33. The van der Waals surface area contributed by atoms with Crippen molar-refractivity contribution in [1.82, 2.24) is 5.32 Å². The summed E-state index contributed by atoms with van der Waals surface area (Å²) in [5.74, 6) is 0.430. The normalized spacial score (nSPS) is 10.8. The van der Waals surface area contributed by atoms with Crippen molar-refractivity contribution >= 4 is 63.9 Å². The molecule has 0 spiro atoms. The molecule has 10 heteroatoms. The molecule has 7 nitrogen and oxygen atoms in total. The van der Waals surface area contributed by atoms with Gasteiger partial charge in [-0.05, 0) is 55.5 Å². The fourth-order valence-corrected chi connectivity index (χ4v) is 3.31. The minimum Gasteiger partial charge on any atom is -0.457 e. The summed E-state index contributed by atoms with van der Waals surface area (Å²) in [4.78, 5) is 22.7. The summed E-state index contributed by atoms with van der Waals surface area (Å²) < 4.78 is 5.69. The van der Waals surface area contributed by atoms with Crippen molar-refractivity contribution in [3.8, 4) is 11.3 Å². The summed E-state index contributed by atoms with van der Waals surface area (Å²) >= 11 is 17.3. The van der Waals surface area contributed by atoms with E-state index in [2.05, 4.69) is 10.6 Å². The molecule has 0 radical (unpaired) electrons. The van der Waals surface area contributed by atoms with E-state index in [4.69, 9.17) is 39.8 Å². The van der Waals surface area contributed by atoms with Crippen molar-refractivity contribution in [2.45, 2.75) is 6.92 Å². The molecular formula is C21H15Cl2N3O4S. The van der Waals surface area contributed by atoms with Gasteiger partial charge < -0.3 is 9.73 Å². The molecule has 2 aromatic carbocycles. The number of nitrogens with zero attached hydrogens (tertiary/aromatic N) is 1. The van der Waals surface area contributed by atoms with Gasteiger partial charge in [-0.15, -0.1) is 0 Å². The summed E-state index contributed by atoms with van der Waals surface area (Å²) in [7, 11) is 0. The van der Waals surface area contributed by atoms with Crippen LogP contribution in [0, 0.1) is 17.0 Å². The van der Waals surface area contributed by atoms with Crippen molar-refractivity contribution in [2.24, 2.45) is 0 Å². The second-order valence-corrected chi connectivity index (χ2v) is 7.48. The number of anilines is 1. The Hall–Kier alpha value is -3.20. The first kappa shape index (κ1) is 22.5. The standard InChI is InChI=1S/C21H15Cl2N3O4S/c1-12-16(6-3-7-17(12)26(28)29)24-21(31)25-19(27)11-9-13-8-10-18(30-13)14-4-2-5-15(22)20(14)23/h2-11H,1H3,(H2,24,25,27,31)/b11-9+. The Labute approximate surface area is 192 Å². The highest BCUT2D eigenvalue weighted by Crippen LogP contribution is 2.34. The Balaban J connectivity index is 1.63. The van der Waals surface area contributed by atoms with Crippen molar-refractivity contribution in [3.05, 3.63) is 86.1 Å². The third kappa shape index (κ3) is 5.49. The summed E-state index contributed by atoms with van der Waals surface area (Å²) in [6.45, 7) is 1.59. The highest BCUT2D eigenvalue weighted by molar-refractivity contribution is 7.80. The van der Waals surface area contributed by atoms with Crippen LogP contribution in [0.5, 0.6) is 0 Å². The number of nitrogens with one attached hydrogen (secondary N) is 2. The van der Waals surface area contributed by atoms with Gasteiger partial charge in [0.15, 0.2) is 5.11 Å². The first-order valence-corrected chi connectivity index (χ1v) is 10.0. The molecule has 0 unspecified atom stereocenters. The van der Waals surface area contributed by atoms with E-state index in [-0.39, 0.29) is 10.8 Å². The Morgan fingerprint density at radius 1 is 1.16 bits per heavy atom. The molecule has 31 heavy (non-hydrogen) atoms. The van der Waals surface area contributed by atoms with Crippen LogP contribution in [0.3, 0.4) is 0 Å². The quantitative estimate of drug-likeness (QED) is 0.203. The second kappa shape index (κ2) is 9.74. The van der Waals surface area contributed by atoms with Crippen LogP contribution in [0.2, 0.25) is 10.0 Å². The molecule has 2 N–H and O–H groups in total. The van der Waals surface area contributed by atoms with Gasteiger partial charge in [0.25, 0.3) is 5.69 Å². The third-order valence-corrected chi connectivity index (χ3v) is 5.25. The summed E-state index contributed by atoms with van der Waals surface area (Å²) in [5, 5.41) is 17.1. The molecule has 0 aliphatic rings. The van der Waals surface area contributed by atoms with E-state index in [1.54, 1.807) is 43.3 Å². The van der Waals surface area contributed by atoms with Gasteiger partial charge in [0.1, 0.15) is 11.5 Å². The van der Waals surface area contributed by atoms with Gasteiger partial charge >= 0.3 is 0 Å². The predicted octanol–water partition coefficient (Wildman–Crippen LogP) is 6.00. The fraction of sp³-hybridized carbons (Fsp3) is 0.0476. The average Bonchev–Trinajstić information content (AvgIpc) is 3.18. The molecule has 158 valence electrons. The van der Waals surface area contributed by atoms with E-state index in [1.807, 2.05) is 0 Å². The number of nitro groups is 1. The van der Waals surface area contributed by atoms with E-state index in [1.165, 1.54) is 24.3 Å². The molecule has 1 heterocycles. The van der Waals surface area contributed by atoms with Crippen LogP contribution < -0.4 is 10.6 Å². The van der Waals surface area contributed by atoms with Crippen molar-refractivity contribution in [2.75, 3.05) is 5.32 Å². The number of carbonyl (C=O) groups is 1. The van der Waals surface area contributed by atoms with E-state index < -0.39 is 10.8 Å². The molecule has 1 aromatic heterocycles. The lowest BCUT2D eigenvalue weighted by molar-refractivity contribution is -0.385. The van der Waals surface area contributed by atoms with E-state index in [0.29, 0.717) is 38.4 Å². The first-order valence-electron chi connectivity index (χ1n) is 8.84. The Morgan fingerprint density at radius 3 is 2.65 bits per heavy atom. The zero-order chi connectivity index (χ0) is 22.5. The van der Waals surface area contributed by atoms with Crippen molar-refractivity contribution in [1.29, 1.82) is 0 Å². The van der Waals surface area contributed by atoms with Crippen LogP contribution in [0.25, 0.3) is 17.4 Å². The summed E-state index contributed by atoms with van der Waals surface area (Å²) in [6.07, 6.45) is 2.72. The van der Waals surface area contributed by atoms with Gasteiger partial charge in [0, 0.05) is 17.7 Å². The number of benzene rings is 2. The van der Waals surface area contributed by atoms with Gasteiger partial charge in [-0.25, -0.2) is 0 Å². The molecule has 0 fully saturated rings. The Morgan fingerprint density at radius 2 is 1.90 bits per heavy atom. The number of nitro benzene ring substituents is 1. The van der Waals surface area contributed by atoms with Gasteiger partial charge in [0.2, 0.25) is 5.91 Å². The fourth-order valence-electron chi connectivity index (χ4n) is 2.70. The van der Waals surface area contributed by atoms with Gasteiger partial charge in [-0.2, -0.15) is 0 Å². The summed E-state index contributed by atoms with van der Waals surface area (Å²) in [5.41, 5.74) is 1.42. The number of carbonyl (C=O) groups excluding carboxylic acids is 1. The van der Waals surface area contributed by atoms with Crippen molar-refractivity contribution < 1.29 is 14.1 Å². The number of hydrogen-bond donors (Lipinski definition) is 2. The predicted molar refractivity (Wildman–Crippen MR) is 125 cm³/mol. The molecule has 3 aromatic rings. The molecule has 0 aliphatic carbocycles. The number of furan rings is 1. The molecule has 3 rings (SSSR count). The van der Waals surface area contributed by atoms with Crippen LogP contribution in [-0.4, -0.2) is 15.9 Å². The molecule has 1 amide bonds. The maximum atomic E-state index is 12.1. The van der Waals surface area contributed by atoms with Gasteiger partial charge in [0.05, 0.1) is 26.2 Å². The SMILES string of the molecule is Cc1c(NC(=S)NC(=O)/C=C/c2ccc(-c3cccc(Cl)c3Cl)o2)cccc1[N+](=O)[O-]. The topological polar surface area (TPSA) is 97.4 Å². The molecule has 0 atom stereocenters. The molecular weight excluding hydrogens is 461 g/mol. The zero-order valence-electron chi connectivity index (χ0n) is 16.0. The van der Waals surface area contributed by atoms with E-state index >= 15 is 0 Å². The lowest BCUT2D eigenvalue weighted by atomic mass is 10.1. The average molecular weight is 476 g/mol. The molecule has 0 bridgehead atoms. The monoisotopic (exact) mass is 475 g/mol. The molecule has 0 saturated heterocycles. The van der Waals surface area contributed by atoms with Crippen LogP contribution >= 0.6 is 35.4 Å². The van der Waals surface area contributed by atoms with Crippen LogP contribution in [0.1, 0.15) is 11.3 Å². The number of halogens is 2. The second-order valence-electron chi connectivity index (χ2n) is 6.29. The largest absolute Gasteiger partial charge is 0.457 e. The minimum absolute atomic E-state index is 0.00379. The highest BCUT2D eigenvalue weighted by Gasteiger charge is 2.14. The van der Waals surface area contributed by atoms with Crippen LogP contribution in [0.15, 0.2) is 59.0 Å². The minimum atomic E-state index is -0.501. The van der Waals surface area contributed by atoms with Crippen LogP contribution in [-0.2, 0) is 4.79 Å². The first-order chi connectivity index (χ1) is 14.8. The van der Waals surface area contributed by atoms with Crippen molar-refractivity contribution in [3.63, 3.8) is 0 Å². The molecule has 0 saturated carbocycles. The van der Waals surface area contributed by atoms with Gasteiger partial charge in [-0.1, -0.05) is 35.3 Å². The third-order valence-electron chi connectivity index (χ3n) is 4.23. The number of amides is 1. The van der Waals surface area contributed by atoms with E-state index in [0.717, 1.165) is 0 Å². The smallest absolute Gasteiger partial charge is 0.274 e. The number of hydrogen-bond acceptors (Lipinski definition) is 5. The maximum absolute atomic E-state index is 12.1. The Bertz CT molecular complexity index is 1210. The number of rotatable bonds is 5. The van der Waals surface area contributed by atoms with Gasteiger partial charge in [-0.3, -0.25) is 20.2 Å². The summed E-state index contributed by atoms with van der Waals surface area (Å²) in [6, 6.07) is 13.1. The van der Waals surface area contributed by atoms with E-state index in [9.17, 15) is 14.9 Å². The maximum Gasteiger partial charge on any atom is 0.274 e. The molecule has 0 aliphatic heterocycles. The van der Waals surface area contributed by atoms with Crippen LogP contribution in [0.4, 0.5) is 11.4 Å².